The number of nitrogens with zero attached hydrogens (tertiary/aromatic N) is 1. The van der Waals surface area contributed by atoms with E-state index in [1.165, 1.54) is 12.8 Å². The molecule has 2 aliphatic heterocycles. The number of para-hydroxylation sites is 1. The zero-order chi connectivity index (χ0) is 28.2. The summed E-state index contributed by atoms with van der Waals surface area (Å²) in [6, 6.07) is 11.1. The molecule has 8 nitrogen and oxygen atoms in total. The van der Waals surface area contributed by atoms with Crippen LogP contribution in [0.5, 0.6) is 11.5 Å². The number of carbonyl (C=O) groups excluding carboxylic acids is 2. The first-order valence-electron chi connectivity index (χ1n) is 13.6. The molecule has 1 fully saturated rings. The maximum Gasteiger partial charge on any atom is 0.254 e. The van der Waals surface area contributed by atoms with Gasteiger partial charge < -0.3 is 29.7 Å². The van der Waals surface area contributed by atoms with Gasteiger partial charge in [-0.25, -0.2) is 0 Å². The number of methoxy groups -OCH3 is 2. The first-order chi connectivity index (χ1) is 18.6. The summed E-state index contributed by atoms with van der Waals surface area (Å²) in [7, 11) is 3.21. The highest BCUT2D eigenvalue weighted by atomic mass is 35.5. The fraction of sp³-hybridized carbons (Fsp3) is 0.533. The molecular formula is C30H40ClN3O5. The van der Waals surface area contributed by atoms with Crippen LogP contribution in [0.2, 0.25) is 5.02 Å². The molecule has 2 aromatic rings. The molecule has 0 radical (unpaired) electrons. The van der Waals surface area contributed by atoms with Gasteiger partial charge in [0.25, 0.3) is 5.91 Å². The van der Waals surface area contributed by atoms with E-state index < -0.39 is 12.2 Å². The zero-order valence-corrected chi connectivity index (χ0v) is 24.3. The van der Waals surface area contributed by atoms with E-state index in [2.05, 4.69) is 36.3 Å². The summed E-state index contributed by atoms with van der Waals surface area (Å²) in [5.74, 6) is 0.344. The van der Waals surface area contributed by atoms with E-state index in [1.54, 1.807) is 26.4 Å². The molecule has 0 aromatic heterocycles. The van der Waals surface area contributed by atoms with Gasteiger partial charge in [-0.2, -0.15) is 0 Å². The van der Waals surface area contributed by atoms with Gasteiger partial charge in [0.05, 0.1) is 26.7 Å². The summed E-state index contributed by atoms with van der Waals surface area (Å²) in [5.41, 5.74) is 1.89. The van der Waals surface area contributed by atoms with Crippen molar-refractivity contribution in [3.8, 4) is 11.5 Å². The van der Waals surface area contributed by atoms with Crippen molar-refractivity contribution in [1.82, 2.24) is 10.2 Å². The quantitative estimate of drug-likeness (QED) is 0.442. The van der Waals surface area contributed by atoms with Crippen LogP contribution in [-0.2, 0) is 14.3 Å². The van der Waals surface area contributed by atoms with Gasteiger partial charge in [0.15, 0.2) is 11.5 Å². The summed E-state index contributed by atoms with van der Waals surface area (Å²) < 4.78 is 18.0. The average molecular weight is 558 g/mol. The van der Waals surface area contributed by atoms with Gasteiger partial charge in [-0.3, -0.25) is 9.59 Å². The van der Waals surface area contributed by atoms with Crippen LogP contribution in [0.25, 0.3) is 0 Å². The predicted molar refractivity (Wildman–Crippen MR) is 153 cm³/mol. The van der Waals surface area contributed by atoms with Crippen LogP contribution in [0.15, 0.2) is 36.4 Å². The number of anilines is 1. The van der Waals surface area contributed by atoms with E-state index in [1.807, 2.05) is 24.3 Å². The molecule has 2 N–H and O–H groups in total. The van der Waals surface area contributed by atoms with Crippen molar-refractivity contribution < 1.29 is 23.8 Å². The topological polar surface area (TPSA) is 89.1 Å². The van der Waals surface area contributed by atoms with Gasteiger partial charge in [-0.05, 0) is 55.6 Å². The van der Waals surface area contributed by atoms with E-state index in [0.717, 1.165) is 30.8 Å². The Morgan fingerprint density at radius 1 is 1.18 bits per heavy atom. The third-order valence-electron chi connectivity index (χ3n) is 7.51. The maximum atomic E-state index is 13.4. The molecule has 9 heteroatoms. The normalized spacial score (nSPS) is 20.5. The average Bonchev–Trinajstić information content (AvgIpc) is 3.37. The summed E-state index contributed by atoms with van der Waals surface area (Å²) in [5, 5.41) is 6.47. The number of hydrogen-bond donors (Lipinski definition) is 2. The lowest BCUT2D eigenvalue weighted by Gasteiger charge is -2.39. The van der Waals surface area contributed by atoms with E-state index in [0.29, 0.717) is 28.8 Å². The van der Waals surface area contributed by atoms with Crippen LogP contribution < -0.4 is 20.1 Å². The second kappa shape index (κ2) is 12.6. The lowest BCUT2D eigenvalue weighted by atomic mass is 9.71. The molecule has 2 amide bonds. The minimum absolute atomic E-state index is 0.0871. The van der Waals surface area contributed by atoms with Gasteiger partial charge >= 0.3 is 0 Å². The molecule has 3 atom stereocenters. The Hall–Kier alpha value is -2.81. The number of likely N-dealkylation sites (tertiary alicyclic amines) is 1. The second-order valence-electron chi connectivity index (χ2n) is 11.3. The van der Waals surface area contributed by atoms with Gasteiger partial charge in [-0.1, -0.05) is 44.5 Å². The number of halogens is 1. The number of carbonyl (C=O) groups is 2. The highest BCUT2D eigenvalue weighted by Crippen LogP contribution is 2.53. The van der Waals surface area contributed by atoms with Gasteiger partial charge in [0, 0.05) is 40.8 Å². The van der Waals surface area contributed by atoms with Crippen LogP contribution >= 0.6 is 11.6 Å². The van der Waals surface area contributed by atoms with E-state index in [-0.39, 0.29) is 29.6 Å². The molecule has 1 unspecified atom stereocenters. The highest BCUT2D eigenvalue weighted by Gasteiger charge is 2.43. The first-order valence-corrected chi connectivity index (χ1v) is 14.0. The Kier molecular flexibility index (Phi) is 9.41. The van der Waals surface area contributed by atoms with Crippen molar-refractivity contribution in [3.63, 3.8) is 0 Å². The smallest absolute Gasteiger partial charge is 0.254 e. The van der Waals surface area contributed by atoms with Crippen LogP contribution in [0, 0.1) is 5.41 Å². The fourth-order valence-corrected chi connectivity index (χ4v) is 5.83. The van der Waals surface area contributed by atoms with Crippen LogP contribution in [0.3, 0.4) is 0 Å². The van der Waals surface area contributed by atoms with Gasteiger partial charge in [0.1, 0.15) is 6.10 Å². The molecule has 4 rings (SSSR count). The summed E-state index contributed by atoms with van der Waals surface area (Å²) in [6.07, 6.45) is 0.706. The Bertz CT molecular complexity index is 1180. The van der Waals surface area contributed by atoms with Gasteiger partial charge in [0.2, 0.25) is 5.91 Å². The van der Waals surface area contributed by atoms with Crippen LogP contribution in [-0.4, -0.2) is 63.2 Å². The summed E-state index contributed by atoms with van der Waals surface area (Å²) in [4.78, 5) is 28.6. The molecule has 0 bridgehead atoms. The number of hydrogen-bond acceptors (Lipinski definition) is 6. The van der Waals surface area contributed by atoms with Gasteiger partial charge in [-0.15, -0.1) is 0 Å². The van der Waals surface area contributed by atoms with E-state index in [4.69, 9.17) is 25.8 Å². The van der Waals surface area contributed by atoms with Crippen molar-refractivity contribution in [2.24, 2.45) is 5.41 Å². The molecule has 2 aliphatic rings. The second-order valence-corrected chi connectivity index (χ2v) is 11.7. The monoisotopic (exact) mass is 557 g/mol. The zero-order valence-electron chi connectivity index (χ0n) is 23.5. The molecule has 2 aromatic carbocycles. The fourth-order valence-electron chi connectivity index (χ4n) is 5.65. The molecule has 212 valence electrons. The lowest BCUT2D eigenvalue weighted by molar-refractivity contribution is -0.140. The minimum Gasteiger partial charge on any atom is -0.493 e. The lowest BCUT2D eigenvalue weighted by Crippen LogP contribution is -2.39. The molecule has 1 saturated heterocycles. The largest absolute Gasteiger partial charge is 0.493 e. The Labute approximate surface area is 236 Å². The Morgan fingerprint density at radius 3 is 2.59 bits per heavy atom. The molecule has 39 heavy (non-hydrogen) atoms. The standard InChI is InChI=1S/C30H40ClN3O5/c1-30(2,3)26(20-9-8-10-23(37-4)27(20)38-5)28-21-17-19(31)11-12-22(21)33-29(36)24(39-28)18-25(35)32-13-16-34-14-6-7-15-34/h8-12,17,24,26,28H,6-7,13-16,18H2,1-5H3,(H,32,35)(H,33,36)/t24-,26?,28-/m1/s1. The third kappa shape index (κ3) is 6.86. The highest BCUT2D eigenvalue weighted by molar-refractivity contribution is 6.30. The summed E-state index contributed by atoms with van der Waals surface area (Å²) >= 11 is 6.45. The SMILES string of the molecule is COc1cccc(C([C@@H]2O[C@H](CC(=O)NCCN3CCCC3)C(=O)Nc3ccc(Cl)cc32)C(C)(C)C)c1OC. The number of fused-ring (bicyclic) bond motifs is 1. The minimum atomic E-state index is -0.991. The van der Waals surface area contributed by atoms with Crippen molar-refractivity contribution in [1.29, 1.82) is 0 Å². The predicted octanol–water partition coefficient (Wildman–Crippen LogP) is 5.17. The van der Waals surface area contributed by atoms with Crippen LogP contribution in [0.4, 0.5) is 5.69 Å². The Balaban J connectivity index is 1.68. The third-order valence-corrected chi connectivity index (χ3v) is 7.74. The van der Waals surface area contributed by atoms with Crippen molar-refractivity contribution in [3.05, 3.63) is 52.5 Å². The molecule has 0 aliphatic carbocycles. The number of nitrogens with one attached hydrogen (secondary N) is 2. The van der Waals surface area contributed by atoms with Crippen molar-refractivity contribution in [2.75, 3.05) is 45.7 Å². The molecule has 0 spiro atoms. The first kappa shape index (κ1) is 29.2. The number of ether oxygens (including phenoxy) is 3. The Morgan fingerprint density at radius 2 is 1.92 bits per heavy atom. The number of benzene rings is 2. The van der Waals surface area contributed by atoms with E-state index >= 15 is 0 Å². The number of rotatable bonds is 9. The molecule has 0 saturated carbocycles. The molecule has 2 heterocycles. The number of amides is 2. The van der Waals surface area contributed by atoms with Crippen molar-refractivity contribution in [2.45, 2.75) is 58.2 Å². The van der Waals surface area contributed by atoms with Crippen molar-refractivity contribution >= 4 is 29.1 Å². The summed E-state index contributed by atoms with van der Waals surface area (Å²) in [6.45, 7) is 9.82. The maximum absolute atomic E-state index is 13.4. The molecular weight excluding hydrogens is 518 g/mol. The van der Waals surface area contributed by atoms with E-state index in [9.17, 15) is 9.59 Å². The van der Waals surface area contributed by atoms with Crippen LogP contribution in [0.1, 0.15) is 63.2 Å².